The summed E-state index contributed by atoms with van der Waals surface area (Å²) < 4.78 is 15.6. The first kappa shape index (κ1) is 18.3. The highest BCUT2D eigenvalue weighted by molar-refractivity contribution is 5.88. The van der Waals surface area contributed by atoms with E-state index in [0.717, 1.165) is 12.8 Å². The predicted molar refractivity (Wildman–Crippen MR) is 89.9 cm³/mol. The van der Waals surface area contributed by atoms with Crippen molar-refractivity contribution in [2.45, 2.75) is 46.1 Å². The largest absolute Gasteiger partial charge is 0.465 e. The minimum atomic E-state index is -0.597. The van der Waals surface area contributed by atoms with E-state index in [2.05, 4.69) is 20.8 Å². The monoisotopic (exact) mass is 334 g/mol. The molecule has 0 N–H and O–H groups in total. The summed E-state index contributed by atoms with van der Waals surface area (Å²) in [7, 11) is 0. The van der Waals surface area contributed by atoms with Crippen molar-refractivity contribution < 1.29 is 23.5 Å². The Kier molecular flexibility index (Phi) is 6.64. The summed E-state index contributed by atoms with van der Waals surface area (Å²) in [5.74, 6) is 0.858. The smallest absolute Gasteiger partial charge is 0.344 e. The Bertz CT molecular complexity index is 558. The van der Waals surface area contributed by atoms with Crippen molar-refractivity contribution in [3.63, 3.8) is 0 Å². The van der Waals surface area contributed by atoms with Crippen molar-refractivity contribution in [3.05, 3.63) is 30.2 Å². The van der Waals surface area contributed by atoms with Gasteiger partial charge >= 0.3 is 11.9 Å². The van der Waals surface area contributed by atoms with E-state index in [-0.39, 0.29) is 12.7 Å². The standard InChI is InChI=1S/C19H26O5/c1-13(2)16-8-6-14(3)11-17(16)24-19(21)12-23-18(20)9-7-15-5-4-10-22-15/h4-5,7,9-10,13-14,16-17H,6,8,11-12H2,1-3H3/b9-7+/t14-,16-,17-/m1/s1. The maximum Gasteiger partial charge on any atom is 0.344 e. The second-order valence-electron chi connectivity index (χ2n) is 6.81. The first-order valence-electron chi connectivity index (χ1n) is 8.53. The van der Waals surface area contributed by atoms with Crippen LogP contribution < -0.4 is 0 Å². The molecule has 0 unspecified atom stereocenters. The topological polar surface area (TPSA) is 65.7 Å². The van der Waals surface area contributed by atoms with E-state index in [0.29, 0.717) is 23.5 Å². The Labute approximate surface area is 143 Å². The van der Waals surface area contributed by atoms with Crippen molar-refractivity contribution in [2.24, 2.45) is 17.8 Å². The van der Waals surface area contributed by atoms with Crippen molar-refractivity contribution in [2.75, 3.05) is 6.61 Å². The van der Waals surface area contributed by atoms with Crippen molar-refractivity contribution >= 4 is 18.0 Å². The Morgan fingerprint density at radius 2 is 2.17 bits per heavy atom. The molecular weight excluding hydrogens is 308 g/mol. The first-order chi connectivity index (χ1) is 11.5. The summed E-state index contributed by atoms with van der Waals surface area (Å²) in [6.45, 7) is 6.12. The molecule has 3 atom stereocenters. The lowest BCUT2D eigenvalue weighted by Crippen LogP contribution is -2.36. The molecule has 0 aromatic carbocycles. The van der Waals surface area contributed by atoms with Crippen LogP contribution in [0.15, 0.2) is 28.9 Å². The molecule has 1 heterocycles. The fourth-order valence-corrected chi connectivity index (χ4v) is 3.17. The lowest BCUT2D eigenvalue weighted by Gasteiger charge is -2.36. The number of ether oxygens (including phenoxy) is 2. The molecule has 24 heavy (non-hydrogen) atoms. The summed E-state index contributed by atoms with van der Waals surface area (Å²) in [5, 5.41) is 0. The minimum Gasteiger partial charge on any atom is -0.465 e. The quantitative estimate of drug-likeness (QED) is 0.584. The maximum absolute atomic E-state index is 12.0. The summed E-state index contributed by atoms with van der Waals surface area (Å²) >= 11 is 0. The molecule has 2 rings (SSSR count). The fraction of sp³-hybridized carbons (Fsp3) is 0.579. The van der Waals surface area contributed by atoms with Crippen LogP contribution in [-0.4, -0.2) is 24.6 Å². The van der Waals surface area contributed by atoms with E-state index < -0.39 is 11.9 Å². The average Bonchev–Trinajstić information content (AvgIpc) is 3.04. The van der Waals surface area contributed by atoms with Gasteiger partial charge in [0.2, 0.25) is 0 Å². The normalized spacial score (nSPS) is 24.2. The van der Waals surface area contributed by atoms with Gasteiger partial charge in [-0.25, -0.2) is 9.59 Å². The summed E-state index contributed by atoms with van der Waals surface area (Å²) in [6, 6.07) is 3.44. The number of carbonyl (C=O) groups is 2. The molecule has 0 radical (unpaired) electrons. The first-order valence-corrected chi connectivity index (χ1v) is 8.53. The lowest BCUT2D eigenvalue weighted by atomic mass is 9.75. The van der Waals surface area contributed by atoms with Gasteiger partial charge in [0.05, 0.1) is 6.26 Å². The van der Waals surface area contributed by atoms with E-state index in [1.54, 1.807) is 12.1 Å². The molecule has 1 aliphatic rings. The van der Waals surface area contributed by atoms with Crippen LogP contribution >= 0.6 is 0 Å². The van der Waals surface area contributed by atoms with Gasteiger partial charge in [-0.3, -0.25) is 0 Å². The number of carbonyl (C=O) groups excluding carboxylic acids is 2. The van der Waals surface area contributed by atoms with E-state index in [1.807, 2.05) is 0 Å². The summed E-state index contributed by atoms with van der Waals surface area (Å²) in [5.41, 5.74) is 0. The molecule has 1 aromatic heterocycles. The van der Waals surface area contributed by atoms with Crippen LogP contribution in [0.5, 0.6) is 0 Å². The van der Waals surface area contributed by atoms with E-state index in [4.69, 9.17) is 13.9 Å². The highest BCUT2D eigenvalue weighted by Crippen LogP contribution is 2.35. The molecule has 1 saturated carbocycles. The average molecular weight is 334 g/mol. The van der Waals surface area contributed by atoms with Gasteiger partial charge in [-0.15, -0.1) is 0 Å². The second kappa shape index (κ2) is 8.71. The van der Waals surface area contributed by atoms with Crippen LogP contribution in [0.2, 0.25) is 0 Å². The van der Waals surface area contributed by atoms with Gasteiger partial charge in [0.25, 0.3) is 0 Å². The lowest BCUT2D eigenvalue weighted by molar-refractivity contribution is -0.165. The number of hydrogen-bond acceptors (Lipinski definition) is 5. The zero-order chi connectivity index (χ0) is 17.5. The minimum absolute atomic E-state index is 0.0846. The Hall–Kier alpha value is -2.04. The van der Waals surface area contributed by atoms with Gasteiger partial charge in [-0.05, 0) is 48.8 Å². The molecule has 0 saturated heterocycles. The van der Waals surface area contributed by atoms with Crippen LogP contribution in [0.3, 0.4) is 0 Å². The maximum atomic E-state index is 12.0. The molecule has 132 valence electrons. The number of furan rings is 1. The van der Waals surface area contributed by atoms with Gasteiger partial charge in [0.15, 0.2) is 6.61 Å². The third-order valence-electron chi connectivity index (χ3n) is 4.50. The Balaban J connectivity index is 1.78. The molecule has 0 amide bonds. The molecule has 1 fully saturated rings. The highest BCUT2D eigenvalue weighted by atomic mass is 16.6. The Morgan fingerprint density at radius 3 is 2.83 bits per heavy atom. The van der Waals surface area contributed by atoms with Crippen LogP contribution in [-0.2, 0) is 19.1 Å². The SMILES string of the molecule is CC(C)[C@H]1CC[C@@H](C)C[C@H]1OC(=O)COC(=O)/C=C/c1ccco1. The van der Waals surface area contributed by atoms with E-state index >= 15 is 0 Å². The molecule has 0 bridgehead atoms. The van der Waals surface area contributed by atoms with Crippen molar-refractivity contribution in [1.29, 1.82) is 0 Å². The molecule has 5 nitrogen and oxygen atoms in total. The van der Waals surface area contributed by atoms with Crippen LogP contribution in [0, 0.1) is 17.8 Å². The van der Waals surface area contributed by atoms with Crippen molar-refractivity contribution in [3.8, 4) is 0 Å². The zero-order valence-corrected chi connectivity index (χ0v) is 14.6. The molecule has 1 aromatic rings. The van der Waals surface area contributed by atoms with Crippen LogP contribution in [0.1, 0.15) is 45.8 Å². The number of esters is 2. The molecule has 0 aliphatic heterocycles. The zero-order valence-electron chi connectivity index (χ0n) is 14.6. The van der Waals surface area contributed by atoms with Crippen LogP contribution in [0.25, 0.3) is 6.08 Å². The summed E-state index contributed by atoms with van der Waals surface area (Å²) in [6.07, 6.45) is 7.27. The van der Waals surface area contributed by atoms with Gasteiger partial charge in [0.1, 0.15) is 11.9 Å². The molecular formula is C19H26O5. The van der Waals surface area contributed by atoms with E-state index in [9.17, 15) is 9.59 Å². The summed E-state index contributed by atoms with van der Waals surface area (Å²) in [4.78, 5) is 23.6. The van der Waals surface area contributed by atoms with Gasteiger partial charge in [-0.1, -0.05) is 27.2 Å². The van der Waals surface area contributed by atoms with E-state index in [1.165, 1.54) is 24.8 Å². The number of rotatable bonds is 6. The number of hydrogen-bond donors (Lipinski definition) is 0. The fourth-order valence-electron chi connectivity index (χ4n) is 3.17. The third kappa shape index (κ3) is 5.55. The van der Waals surface area contributed by atoms with Crippen LogP contribution in [0.4, 0.5) is 0 Å². The van der Waals surface area contributed by atoms with Gasteiger partial charge in [0, 0.05) is 6.08 Å². The highest BCUT2D eigenvalue weighted by Gasteiger charge is 2.33. The molecule has 0 spiro atoms. The van der Waals surface area contributed by atoms with Gasteiger partial charge in [-0.2, -0.15) is 0 Å². The molecule has 5 heteroatoms. The predicted octanol–water partition coefficient (Wildman–Crippen LogP) is 3.84. The van der Waals surface area contributed by atoms with Crippen molar-refractivity contribution in [1.82, 2.24) is 0 Å². The second-order valence-corrected chi connectivity index (χ2v) is 6.81. The molecule has 1 aliphatic carbocycles. The third-order valence-corrected chi connectivity index (χ3v) is 4.50. The Morgan fingerprint density at radius 1 is 1.38 bits per heavy atom. The van der Waals surface area contributed by atoms with Gasteiger partial charge < -0.3 is 13.9 Å².